The topological polar surface area (TPSA) is 353 Å². The van der Waals surface area contributed by atoms with E-state index in [0.29, 0.717) is 11.1 Å². The SMILES string of the molecule is CC(C)C[C@H](NC(=O)CNC(=O)[C@@H](NC(=O)[C@H](CC(=O)O)NC(=O)[C@H](CC(=O)O)NC(=O)[C@H](Cc1ccc(O)cc1)NC(=O)[C@@H](N)Cc1ccc(O)cc1)C(C)C)C(=O)O. The Morgan fingerprint density at radius 1 is 0.550 bits per heavy atom. The number of aromatic hydroxyl groups is 2. The number of phenols is 2. The van der Waals surface area contributed by atoms with E-state index in [0.717, 1.165) is 0 Å². The fourth-order valence-corrected chi connectivity index (χ4v) is 5.65. The van der Waals surface area contributed by atoms with Gasteiger partial charge in [-0.15, -0.1) is 0 Å². The van der Waals surface area contributed by atoms with E-state index in [4.69, 9.17) is 5.73 Å². The summed E-state index contributed by atoms with van der Waals surface area (Å²) in [5, 5.41) is 61.5. The molecule has 0 bridgehead atoms. The van der Waals surface area contributed by atoms with E-state index in [1.807, 2.05) is 0 Å². The third-order valence-corrected chi connectivity index (χ3v) is 8.77. The highest BCUT2D eigenvalue weighted by atomic mass is 16.4. The lowest BCUT2D eigenvalue weighted by atomic mass is 10.0. The maximum absolute atomic E-state index is 13.7. The van der Waals surface area contributed by atoms with E-state index < -0.39 is 115 Å². The molecule has 21 heteroatoms. The molecule has 2 rings (SSSR count). The molecule has 6 atom stereocenters. The minimum absolute atomic E-state index is 0.0168. The molecule has 0 radical (unpaired) electrons. The van der Waals surface area contributed by atoms with E-state index in [-0.39, 0.29) is 36.7 Å². The second-order valence-electron chi connectivity index (χ2n) is 14.8. The van der Waals surface area contributed by atoms with Crippen molar-refractivity contribution in [2.75, 3.05) is 6.54 Å². The van der Waals surface area contributed by atoms with Crippen LogP contribution in [0, 0.1) is 11.8 Å². The van der Waals surface area contributed by atoms with Crippen LogP contribution >= 0.6 is 0 Å². The molecule has 0 fully saturated rings. The number of hydrogen-bond acceptors (Lipinski definition) is 12. The van der Waals surface area contributed by atoms with Crippen LogP contribution in [0.1, 0.15) is 58.1 Å². The van der Waals surface area contributed by atoms with Crippen molar-refractivity contribution in [3.63, 3.8) is 0 Å². The number of hydrogen-bond donors (Lipinski definition) is 12. The van der Waals surface area contributed by atoms with Gasteiger partial charge in [-0.05, 0) is 60.1 Å². The molecule has 0 saturated heterocycles. The van der Waals surface area contributed by atoms with Crippen molar-refractivity contribution >= 4 is 53.4 Å². The minimum atomic E-state index is -1.95. The quantitative estimate of drug-likeness (QED) is 0.0571. The van der Waals surface area contributed by atoms with E-state index in [1.54, 1.807) is 13.8 Å². The van der Waals surface area contributed by atoms with Crippen LogP contribution in [0.4, 0.5) is 0 Å². The Morgan fingerprint density at radius 2 is 0.983 bits per heavy atom. The summed E-state index contributed by atoms with van der Waals surface area (Å²) in [5.74, 6) is -11.5. The zero-order valence-corrected chi connectivity index (χ0v) is 33.5. The summed E-state index contributed by atoms with van der Waals surface area (Å²) in [7, 11) is 0. The molecular formula is C39H53N7O14. The highest BCUT2D eigenvalue weighted by Crippen LogP contribution is 2.14. The Labute approximate surface area is 344 Å². The predicted octanol–water partition coefficient (Wildman–Crippen LogP) is -1.51. The summed E-state index contributed by atoms with van der Waals surface area (Å²) in [6.07, 6.45) is -2.28. The molecule has 0 aliphatic carbocycles. The highest BCUT2D eigenvalue weighted by Gasteiger charge is 2.35. The number of nitrogens with one attached hydrogen (secondary N) is 6. The highest BCUT2D eigenvalue weighted by molar-refractivity contribution is 5.98. The Kier molecular flexibility index (Phi) is 19.4. The molecule has 2 aromatic rings. The maximum atomic E-state index is 13.7. The van der Waals surface area contributed by atoms with E-state index in [9.17, 15) is 68.7 Å². The van der Waals surface area contributed by atoms with Gasteiger partial charge in [0.25, 0.3) is 0 Å². The molecule has 13 N–H and O–H groups in total. The lowest BCUT2D eigenvalue weighted by molar-refractivity contribution is -0.143. The number of rotatable bonds is 24. The van der Waals surface area contributed by atoms with Crippen molar-refractivity contribution in [2.24, 2.45) is 17.6 Å². The van der Waals surface area contributed by atoms with Crippen molar-refractivity contribution in [3.05, 3.63) is 59.7 Å². The van der Waals surface area contributed by atoms with Crippen LogP contribution in [-0.2, 0) is 56.0 Å². The van der Waals surface area contributed by atoms with Gasteiger partial charge in [-0.1, -0.05) is 52.0 Å². The van der Waals surface area contributed by atoms with Gasteiger partial charge in [-0.25, -0.2) is 4.79 Å². The number of nitrogens with two attached hydrogens (primary N) is 1. The smallest absolute Gasteiger partial charge is 0.326 e. The number of amides is 6. The van der Waals surface area contributed by atoms with Gasteiger partial charge in [0.2, 0.25) is 35.4 Å². The number of phenolic OH excluding ortho intramolecular Hbond substituents is 2. The van der Waals surface area contributed by atoms with E-state index in [2.05, 4.69) is 31.9 Å². The summed E-state index contributed by atoms with van der Waals surface area (Å²) in [5.41, 5.74) is 7.09. The van der Waals surface area contributed by atoms with Crippen LogP contribution in [-0.4, -0.2) is 122 Å². The fourth-order valence-electron chi connectivity index (χ4n) is 5.65. The first-order valence-corrected chi connectivity index (χ1v) is 18.8. The van der Waals surface area contributed by atoms with E-state index >= 15 is 0 Å². The summed E-state index contributed by atoms with van der Waals surface area (Å²) in [6.45, 7) is 5.84. The zero-order chi connectivity index (χ0) is 45.3. The van der Waals surface area contributed by atoms with Gasteiger partial charge in [-0.3, -0.25) is 38.4 Å². The number of carbonyl (C=O) groups excluding carboxylic acids is 6. The monoisotopic (exact) mass is 843 g/mol. The van der Waals surface area contributed by atoms with Crippen LogP contribution < -0.4 is 37.6 Å². The van der Waals surface area contributed by atoms with Crippen molar-refractivity contribution in [1.29, 1.82) is 0 Å². The van der Waals surface area contributed by atoms with Gasteiger partial charge in [-0.2, -0.15) is 0 Å². The molecule has 0 aromatic heterocycles. The Morgan fingerprint density at radius 3 is 1.42 bits per heavy atom. The van der Waals surface area contributed by atoms with Gasteiger partial charge in [0.05, 0.1) is 25.4 Å². The molecule has 0 aliphatic heterocycles. The number of benzene rings is 2. The first-order valence-electron chi connectivity index (χ1n) is 18.8. The van der Waals surface area contributed by atoms with Crippen LogP contribution in [0.15, 0.2) is 48.5 Å². The van der Waals surface area contributed by atoms with Gasteiger partial charge in [0.15, 0.2) is 0 Å². The second-order valence-corrected chi connectivity index (χ2v) is 14.8. The fraction of sp³-hybridized carbons (Fsp3) is 0.462. The Bertz CT molecular complexity index is 1850. The lowest BCUT2D eigenvalue weighted by Crippen LogP contribution is -2.60. The molecule has 0 aliphatic rings. The average Bonchev–Trinajstić information content (AvgIpc) is 3.15. The maximum Gasteiger partial charge on any atom is 0.326 e. The molecule has 0 saturated carbocycles. The Balaban J connectivity index is 2.26. The predicted molar refractivity (Wildman–Crippen MR) is 211 cm³/mol. The molecule has 6 amide bonds. The van der Waals surface area contributed by atoms with Gasteiger partial charge >= 0.3 is 17.9 Å². The molecular weight excluding hydrogens is 790 g/mol. The first kappa shape index (κ1) is 49.4. The van der Waals surface area contributed by atoms with Crippen molar-refractivity contribution < 1.29 is 68.7 Å². The van der Waals surface area contributed by atoms with Gasteiger partial charge < -0.3 is 63.2 Å². The van der Waals surface area contributed by atoms with E-state index in [1.165, 1.54) is 62.4 Å². The van der Waals surface area contributed by atoms with Crippen LogP contribution in [0.2, 0.25) is 0 Å². The minimum Gasteiger partial charge on any atom is -0.508 e. The third-order valence-electron chi connectivity index (χ3n) is 8.77. The third kappa shape index (κ3) is 17.4. The normalized spacial score (nSPS) is 14.0. The number of carboxylic acid groups (broad SMARTS) is 3. The molecule has 0 heterocycles. The molecule has 21 nitrogen and oxygen atoms in total. The summed E-state index contributed by atoms with van der Waals surface area (Å²) < 4.78 is 0. The standard InChI is InChI=1S/C39H53N7O14/c1-19(2)13-29(39(59)60)42-30(49)18-41-38(58)33(20(3)4)46-37(57)28(17-32(52)53)45-36(56)27(16-31(50)51)44-35(55)26(15-22-7-11-24(48)12-8-22)43-34(54)25(40)14-21-5-9-23(47)10-6-21/h5-12,19-20,25-29,33,47-48H,13-18,40H2,1-4H3,(H,41,58)(H,42,49)(H,43,54)(H,44,55)(H,45,56)(H,46,57)(H,50,51)(H,52,53)(H,59,60)/t25-,26-,27-,28-,29-,33-/m0/s1. The van der Waals surface area contributed by atoms with Crippen molar-refractivity contribution in [2.45, 2.75) is 96.1 Å². The number of aliphatic carboxylic acids is 3. The molecule has 0 spiro atoms. The average molecular weight is 844 g/mol. The van der Waals surface area contributed by atoms with Crippen LogP contribution in [0.3, 0.4) is 0 Å². The largest absolute Gasteiger partial charge is 0.508 e. The summed E-state index contributed by atoms with van der Waals surface area (Å²) in [6, 6.07) is 2.11. The second kappa shape index (κ2) is 23.6. The van der Waals surface area contributed by atoms with Gasteiger partial charge in [0.1, 0.15) is 41.7 Å². The first-order chi connectivity index (χ1) is 28.1. The summed E-state index contributed by atoms with van der Waals surface area (Å²) >= 11 is 0. The molecule has 0 unspecified atom stereocenters. The summed E-state index contributed by atoms with van der Waals surface area (Å²) in [4.78, 5) is 115. The molecule has 328 valence electrons. The van der Waals surface area contributed by atoms with Crippen LogP contribution in [0.25, 0.3) is 0 Å². The lowest BCUT2D eigenvalue weighted by Gasteiger charge is -2.27. The van der Waals surface area contributed by atoms with Crippen molar-refractivity contribution in [1.82, 2.24) is 31.9 Å². The van der Waals surface area contributed by atoms with Crippen molar-refractivity contribution in [3.8, 4) is 11.5 Å². The van der Waals surface area contributed by atoms with Gasteiger partial charge in [0, 0.05) is 6.42 Å². The molecule has 60 heavy (non-hydrogen) atoms. The zero-order valence-electron chi connectivity index (χ0n) is 33.5. The number of carbonyl (C=O) groups is 9. The molecule has 2 aromatic carbocycles. The Hall–Kier alpha value is -6.77. The van der Waals surface area contributed by atoms with Crippen LogP contribution in [0.5, 0.6) is 11.5 Å². The number of carboxylic acids is 3.